The van der Waals surface area contributed by atoms with Crippen molar-refractivity contribution in [2.75, 3.05) is 20.3 Å². The van der Waals surface area contributed by atoms with E-state index in [1.54, 1.807) is 0 Å². The third kappa shape index (κ3) is 3.04. The molecule has 1 aliphatic heterocycles. The minimum atomic E-state index is -4.66. The zero-order valence-corrected chi connectivity index (χ0v) is 13.2. The Hall–Kier alpha value is -1.70. The molecule has 23 heavy (non-hydrogen) atoms. The van der Waals surface area contributed by atoms with Crippen molar-refractivity contribution < 1.29 is 26.3 Å². The van der Waals surface area contributed by atoms with Crippen LogP contribution < -0.4 is 0 Å². The van der Waals surface area contributed by atoms with Gasteiger partial charge < -0.3 is 4.74 Å². The van der Waals surface area contributed by atoms with E-state index in [9.17, 15) is 26.9 Å². The van der Waals surface area contributed by atoms with E-state index in [1.165, 1.54) is 7.05 Å². The highest BCUT2D eigenvalue weighted by Gasteiger charge is 2.46. The molecular formula is C13H14F3N3O3S. The van der Waals surface area contributed by atoms with Gasteiger partial charge in [-0.25, -0.2) is 8.42 Å². The summed E-state index contributed by atoms with van der Waals surface area (Å²) in [4.78, 5) is 2.83. The lowest BCUT2D eigenvalue weighted by Gasteiger charge is -2.30. The summed E-state index contributed by atoms with van der Waals surface area (Å²) in [6.45, 7) is 1.28. The van der Waals surface area contributed by atoms with Gasteiger partial charge in [-0.05, 0) is 18.6 Å². The molecule has 1 atom stereocenters. The maximum absolute atomic E-state index is 12.7. The van der Waals surface area contributed by atoms with Gasteiger partial charge in [0.2, 0.25) is 10.0 Å². The zero-order chi connectivity index (χ0) is 17.5. The first-order valence-electron chi connectivity index (χ1n) is 6.56. The Morgan fingerprint density at radius 3 is 2.57 bits per heavy atom. The Bertz CT molecular complexity index is 750. The molecular weight excluding hydrogens is 335 g/mol. The van der Waals surface area contributed by atoms with E-state index in [4.69, 9.17) is 4.74 Å². The predicted octanol–water partition coefficient (Wildman–Crippen LogP) is 1.71. The molecule has 0 N–H and O–H groups in total. The Morgan fingerprint density at radius 2 is 2.13 bits per heavy atom. The molecule has 2 rings (SSSR count). The number of likely N-dealkylation sites (N-methyl/N-ethyl adjacent to an activating group) is 1. The molecule has 0 amide bonds. The Kier molecular flexibility index (Phi) is 4.40. The number of aromatic nitrogens is 1. The van der Waals surface area contributed by atoms with Gasteiger partial charge in [-0.3, -0.25) is 4.98 Å². The van der Waals surface area contributed by atoms with E-state index >= 15 is 0 Å². The fraction of sp³-hybridized carbons (Fsp3) is 0.538. The van der Waals surface area contributed by atoms with Crippen molar-refractivity contribution in [1.29, 1.82) is 5.26 Å². The summed E-state index contributed by atoms with van der Waals surface area (Å²) >= 11 is 0. The average Bonchev–Trinajstić information content (AvgIpc) is 2.95. The minimum absolute atomic E-state index is 0.0910. The van der Waals surface area contributed by atoms with Gasteiger partial charge >= 0.3 is 6.18 Å². The Balaban J connectivity index is 2.45. The van der Waals surface area contributed by atoms with E-state index in [0.717, 1.165) is 17.3 Å². The van der Waals surface area contributed by atoms with Crippen LogP contribution in [0.2, 0.25) is 0 Å². The first kappa shape index (κ1) is 17.7. The van der Waals surface area contributed by atoms with Gasteiger partial charge in [-0.15, -0.1) is 0 Å². The molecule has 1 fully saturated rings. The largest absolute Gasteiger partial charge is 0.433 e. The quantitative estimate of drug-likeness (QED) is 0.830. The summed E-state index contributed by atoms with van der Waals surface area (Å²) < 4.78 is 69.3. The molecule has 0 saturated carbocycles. The van der Waals surface area contributed by atoms with Crippen LogP contribution in [0.25, 0.3) is 0 Å². The number of rotatable bonds is 3. The molecule has 1 saturated heterocycles. The summed E-state index contributed by atoms with van der Waals surface area (Å²) in [5.41, 5.74) is -2.81. The monoisotopic (exact) mass is 349 g/mol. The van der Waals surface area contributed by atoms with Crippen molar-refractivity contribution in [1.82, 2.24) is 9.29 Å². The van der Waals surface area contributed by atoms with Gasteiger partial charge in [0.25, 0.3) is 0 Å². The van der Waals surface area contributed by atoms with Crippen LogP contribution >= 0.6 is 0 Å². The van der Waals surface area contributed by atoms with Crippen molar-refractivity contribution in [2.45, 2.75) is 30.0 Å². The standard InChI is InChI=1S/C13H14F3N3O3S/c1-9-5-10(6-18-11(9)13(14,15)16)23(20,21)19(2)12(7-17)3-4-22-8-12/h5-6H,3-4,8H2,1-2H3. The van der Waals surface area contributed by atoms with Crippen molar-refractivity contribution in [3.63, 3.8) is 0 Å². The molecule has 0 bridgehead atoms. The fourth-order valence-corrected chi connectivity index (χ4v) is 3.81. The molecule has 0 radical (unpaired) electrons. The zero-order valence-electron chi connectivity index (χ0n) is 12.4. The number of nitrogens with zero attached hydrogens (tertiary/aromatic N) is 3. The smallest absolute Gasteiger partial charge is 0.378 e. The number of nitriles is 1. The van der Waals surface area contributed by atoms with Crippen molar-refractivity contribution in [2.24, 2.45) is 0 Å². The lowest BCUT2D eigenvalue weighted by molar-refractivity contribution is -0.141. The lowest BCUT2D eigenvalue weighted by Crippen LogP contribution is -2.49. The third-order valence-electron chi connectivity index (χ3n) is 3.79. The van der Waals surface area contributed by atoms with Crippen molar-refractivity contribution in [3.8, 4) is 6.07 Å². The summed E-state index contributed by atoms with van der Waals surface area (Å²) in [5, 5.41) is 9.30. The number of hydrogen-bond acceptors (Lipinski definition) is 5. The summed E-state index contributed by atoms with van der Waals surface area (Å²) in [7, 11) is -2.97. The number of ether oxygens (including phenoxy) is 1. The number of aryl methyl sites for hydroxylation is 1. The van der Waals surface area contributed by atoms with Crippen LogP contribution in [-0.2, 0) is 20.9 Å². The number of pyridine rings is 1. The van der Waals surface area contributed by atoms with Crippen LogP contribution in [-0.4, -0.2) is 43.5 Å². The lowest BCUT2D eigenvalue weighted by atomic mass is 10.0. The highest BCUT2D eigenvalue weighted by Crippen LogP contribution is 2.33. The third-order valence-corrected chi connectivity index (χ3v) is 5.68. The van der Waals surface area contributed by atoms with Gasteiger partial charge in [0, 0.05) is 26.3 Å². The van der Waals surface area contributed by atoms with E-state index in [1.807, 2.05) is 6.07 Å². The molecule has 126 valence electrons. The van der Waals surface area contributed by atoms with Gasteiger partial charge in [0.15, 0.2) is 0 Å². The SMILES string of the molecule is Cc1cc(S(=O)(=O)N(C)C2(C#N)CCOC2)cnc1C(F)(F)F. The highest BCUT2D eigenvalue weighted by atomic mass is 32.2. The number of alkyl halides is 3. The molecule has 1 aromatic heterocycles. The molecule has 1 aromatic rings. The number of hydrogen-bond donors (Lipinski definition) is 0. The van der Waals surface area contributed by atoms with Crippen molar-refractivity contribution >= 4 is 10.0 Å². The van der Waals surface area contributed by atoms with Gasteiger partial charge in [0.1, 0.15) is 16.1 Å². The molecule has 6 nitrogen and oxygen atoms in total. The van der Waals surface area contributed by atoms with E-state index in [-0.39, 0.29) is 25.2 Å². The van der Waals surface area contributed by atoms with Crippen molar-refractivity contribution in [3.05, 3.63) is 23.5 Å². The maximum atomic E-state index is 12.7. The molecule has 0 aliphatic carbocycles. The molecule has 0 spiro atoms. The second-order valence-corrected chi connectivity index (χ2v) is 7.22. The van der Waals surface area contributed by atoms with Gasteiger partial charge in [-0.2, -0.15) is 22.7 Å². The maximum Gasteiger partial charge on any atom is 0.433 e. The topological polar surface area (TPSA) is 83.3 Å². The number of sulfonamides is 1. The molecule has 10 heteroatoms. The molecule has 1 aliphatic rings. The van der Waals surface area contributed by atoms with Gasteiger partial charge in [-0.1, -0.05) is 0 Å². The highest BCUT2D eigenvalue weighted by molar-refractivity contribution is 7.89. The predicted molar refractivity (Wildman–Crippen MR) is 72.7 cm³/mol. The normalized spacial score (nSPS) is 22.3. The van der Waals surface area contributed by atoms with Crippen LogP contribution in [0.4, 0.5) is 13.2 Å². The summed E-state index contributed by atoms with van der Waals surface area (Å²) in [6, 6.07) is 2.83. The molecule has 2 heterocycles. The summed E-state index contributed by atoms with van der Waals surface area (Å²) in [5.74, 6) is 0. The molecule has 1 unspecified atom stereocenters. The summed E-state index contributed by atoms with van der Waals surface area (Å²) in [6.07, 6.45) is -3.82. The van der Waals surface area contributed by atoms with Crippen LogP contribution in [0.15, 0.2) is 17.2 Å². The second kappa shape index (κ2) is 5.74. The average molecular weight is 349 g/mol. The van der Waals surface area contributed by atoms with E-state index in [2.05, 4.69) is 4.98 Å². The first-order valence-corrected chi connectivity index (χ1v) is 8.00. The van der Waals surface area contributed by atoms with Crippen LogP contribution in [0, 0.1) is 18.3 Å². The Morgan fingerprint density at radius 1 is 1.48 bits per heavy atom. The van der Waals surface area contributed by atoms with Crippen LogP contribution in [0.1, 0.15) is 17.7 Å². The van der Waals surface area contributed by atoms with E-state index in [0.29, 0.717) is 6.20 Å². The minimum Gasteiger partial charge on any atom is -0.378 e. The fourth-order valence-electron chi connectivity index (χ4n) is 2.34. The second-order valence-electron chi connectivity index (χ2n) is 5.25. The first-order chi connectivity index (χ1) is 10.5. The van der Waals surface area contributed by atoms with E-state index < -0.39 is 32.3 Å². The van der Waals surface area contributed by atoms with Crippen LogP contribution in [0.3, 0.4) is 0 Å². The molecule has 0 aromatic carbocycles. The number of halogens is 3. The Labute approximate surface area is 131 Å². The van der Waals surface area contributed by atoms with Gasteiger partial charge in [0.05, 0.1) is 12.7 Å². The van der Waals surface area contributed by atoms with Crippen LogP contribution in [0.5, 0.6) is 0 Å².